The van der Waals surface area contributed by atoms with E-state index in [-0.39, 0.29) is 12.1 Å². The molecular weight excluding hydrogens is 390 g/mol. The molecule has 0 saturated carbocycles. The molecule has 0 N–H and O–H groups in total. The summed E-state index contributed by atoms with van der Waals surface area (Å²) in [6, 6.07) is 13.4. The molecule has 0 aliphatic carbocycles. The number of aromatic nitrogens is 3. The molecule has 0 unspecified atom stereocenters. The van der Waals surface area contributed by atoms with Crippen LogP contribution in [0.25, 0.3) is 5.82 Å². The number of amidine groups is 1. The van der Waals surface area contributed by atoms with Gasteiger partial charge < -0.3 is 9.47 Å². The monoisotopic (exact) mass is 417 g/mol. The van der Waals surface area contributed by atoms with Gasteiger partial charge in [-0.1, -0.05) is 24.8 Å². The van der Waals surface area contributed by atoms with E-state index in [0.717, 1.165) is 23.7 Å². The highest BCUT2D eigenvalue weighted by molar-refractivity contribution is 8.14. The lowest BCUT2D eigenvalue weighted by Crippen LogP contribution is -2.35. The Hall–Kier alpha value is -2.60. The third-order valence-corrected chi connectivity index (χ3v) is 7.37. The molecule has 0 amide bonds. The Morgan fingerprint density at radius 3 is 2.67 bits per heavy atom. The van der Waals surface area contributed by atoms with Gasteiger partial charge in [0.1, 0.15) is 11.9 Å². The molecule has 0 spiro atoms. The zero-order chi connectivity index (χ0) is 20.8. The van der Waals surface area contributed by atoms with Crippen LogP contribution in [0.4, 0.5) is 0 Å². The van der Waals surface area contributed by atoms with Gasteiger partial charge in [0.05, 0.1) is 11.7 Å². The predicted molar refractivity (Wildman–Crippen MR) is 123 cm³/mol. The number of hydrogen-bond acceptors (Lipinski definition) is 5. The van der Waals surface area contributed by atoms with Gasteiger partial charge in [-0.2, -0.15) is 0 Å². The molecule has 2 aliphatic heterocycles. The van der Waals surface area contributed by atoms with Crippen LogP contribution < -0.4 is 0 Å². The first kappa shape index (κ1) is 19.4. The van der Waals surface area contributed by atoms with Crippen LogP contribution in [0.2, 0.25) is 0 Å². The van der Waals surface area contributed by atoms with E-state index in [2.05, 4.69) is 71.4 Å². The number of aryl methyl sites for hydroxylation is 2. The van der Waals surface area contributed by atoms with Gasteiger partial charge in [-0.05, 0) is 68.7 Å². The van der Waals surface area contributed by atoms with Crippen molar-refractivity contribution in [3.05, 3.63) is 77.0 Å². The zero-order valence-electron chi connectivity index (χ0n) is 17.9. The van der Waals surface area contributed by atoms with E-state index < -0.39 is 0 Å². The summed E-state index contributed by atoms with van der Waals surface area (Å²) < 4.78 is 2.28. The molecular formula is C24H27N5S. The van der Waals surface area contributed by atoms with Gasteiger partial charge in [-0.15, -0.1) is 0 Å². The minimum atomic E-state index is 0.0162. The molecule has 3 aromatic rings. The summed E-state index contributed by atoms with van der Waals surface area (Å²) in [6.45, 7) is 8.77. The van der Waals surface area contributed by atoms with Crippen LogP contribution in [0.5, 0.6) is 0 Å². The number of rotatable bonds is 4. The summed E-state index contributed by atoms with van der Waals surface area (Å²) in [5, 5.41) is 1.17. The zero-order valence-corrected chi connectivity index (χ0v) is 18.7. The van der Waals surface area contributed by atoms with Gasteiger partial charge in [0.15, 0.2) is 5.17 Å². The van der Waals surface area contributed by atoms with Crippen molar-refractivity contribution in [1.82, 2.24) is 19.4 Å². The Balaban J connectivity index is 1.64. The average Bonchev–Trinajstić information content (AvgIpc) is 3.40. The van der Waals surface area contributed by atoms with E-state index in [0.29, 0.717) is 6.04 Å². The standard InChI is InChI=1S/C24H27N5S/c1-5-18-14-30-24-27-22(20-8-6-7-10-25-20)23(29(18)24)19-13-16(3)28(17(19)4)21-12-15(2)9-11-26-21/h6-13,18,22-23H,5,14H2,1-4H3/t18-,22-,23+/m0/s1. The molecule has 30 heavy (non-hydrogen) atoms. The maximum absolute atomic E-state index is 5.16. The van der Waals surface area contributed by atoms with Crippen LogP contribution in [0.15, 0.2) is 53.8 Å². The Morgan fingerprint density at radius 2 is 1.93 bits per heavy atom. The smallest absolute Gasteiger partial charge is 0.160 e. The minimum Gasteiger partial charge on any atom is -0.338 e. The maximum atomic E-state index is 5.16. The van der Waals surface area contributed by atoms with Crippen LogP contribution in [0.3, 0.4) is 0 Å². The molecule has 2 aliphatic rings. The average molecular weight is 418 g/mol. The lowest BCUT2D eigenvalue weighted by atomic mass is 9.95. The van der Waals surface area contributed by atoms with E-state index in [1.165, 1.54) is 27.7 Å². The lowest BCUT2D eigenvalue weighted by Gasteiger charge is -2.32. The summed E-state index contributed by atoms with van der Waals surface area (Å²) in [5.41, 5.74) is 6.02. The van der Waals surface area contributed by atoms with Crippen molar-refractivity contribution < 1.29 is 0 Å². The fraction of sp³-hybridized carbons (Fsp3) is 0.375. The predicted octanol–water partition coefficient (Wildman–Crippen LogP) is 5.17. The van der Waals surface area contributed by atoms with Gasteiger partial charge in [0, 0.05) is 35.6 Å². The highest BCUT2D eigenvalue weighted by Gasteiger charge is 2.46. The molecule has 3 aromatic heterocycles. The summed E-state index contributed by atoms with van der Waals surface area (Å²) in [5.74, 6) is 2.09. The van der Waals surface area contributed by atoms with E-state index in [1.54, 1.807) is 0 Å². The number of fused-ring (bicyclic) bond motifs is 1. The van der Waals surface area contributed by atoms with Crippen molar-refractivity contribution in [2.75, 3.05) is 5.75 Å². The second kappa shape index (κ2) is 7.58. The van der Waals surface area contributed by atoms with Crippen molar-refractivity contribution in [2.24, 2.45) is 4.99 Å². The molecule has 0 aromatic carbocycles. The van der Waals surface area contributed by atoms with Crippen LogP contribution in [-0.2, 0) is 0 Å². The van der Waals surface area contributed by atoms with Gasteiger partial charge in [-0.3, -0.25) is 9.98 Å². The van der Waals surface area contributed by atoms with E-state index in [1.807, 2.05) is 36.3 Å². The third-order valence-electron chi connectivity index (χ3n) is 6.25. The molecule has 0 radical (unpaired) electrons. The van der Waals surface area contributed by atoms with Crippen molar-refractivity contribution in [2.45, 2.75) is 52.2 Å². The number of nitrogens with zero attached hydrogens (tertiary/aromatic N) is 5. The van der Waals surface area contributed by atoms with E-state index in [4.69, 9.17) is 4.99 Å². The van der Waals surface area contributed by atoms with Crippen molar-refractivity contribution in [1.29, 1.82) is 0 Å². The summed E-state index contributed by atoms with van der Waals surface area (Å²) in [4.78, 5) is 17.0. The van der Waals surface area contributed by atoms with Crippen molar-refractivity contribution in [3.8, 4) is 5.82 Å². The first-order chi connectivity index (χ1) is 14.6. The van der Waals surface area contributed by atoms with Crippen LogP contribution in [-0.4, -0.2) is 36.4 Å². The Morgan fingerprint density at radius 1 is 1.07 bits per heavy atom. The molecule has 3 atom stereocenters. The molecule has 1 fully saturated rings. The molecule has 5 rings (SSSR count). The molecule has 0 bridgehead atoms. The minimum absolute atomic E-state index is 0.0162. The number of aliphatic imine (C=N–C) groups is 1. The largest absolute Gasteiger partial charge is 0.338 e. The first-order valence-electron chi connectivity index (χ1n) is 10.6. The summed E-state index contributed by atoms with van der Waals surface area (Å²) in [6.07, 6.45) is 4.89. The Bertz CT molecular complexity index is 1100. The van der Waals surface area contributed by atoms with Gasteiger partial charge >= 0.3 is 0 Å². The van der Waals surface area contributed by atoms with Crippen LogP contribution in [0, 0.1) is 20.8 Å². The maximum Gasteiger partial charge on any atom is 0.160 e. The van der Waals surface area contributed by atoms with Crippen molar-refractivity contribution >= 4 is 16.9 Å². The second-order valence-electron chi connectivity index (χ2n) is 8.19. The number of hydrogen-bond donors (Lipinski definition) is 0. The second-order valence-corrected chi connectivity index (χ2v) is 9.18. The molecule has 5 heterocycles. The Kier molecular flexibility index (Phi) is 4.89. The van der Waals surface area contributed by atoms with Crippen LogP contribution in [0.1, 0.15) is 53.6 Å². The normalized spacial score (nSPS) is 23.0. The SMILES string of the molecule is CC[C@H]1CSC2=N[C@@H](c3ccccn3)[C@@H](c3cc(C)n(-c4cc(C)ccn4)c3C)N21. The quantitative estimate of drug-likeness (QED) is 0.587. The van der Waals surface area contributed by atoms with Crippen molar-refractivity contribution in [3.63, 3.8) is 0 Å². The highest BCUT2D eigenvalue weighted by atomic mass is 32.2. The van der Waals surface area contributed by atoms with E-state index >= 15 is 0 Å². The number of thioether (sulfide) groups is 1. The summed E-state index contributed by atoms with van der Waals surface area (Å²) in [7, 11) is 0. The Labute approximate surface area is 182 Å². The fourth-order valence-corrected chi connectivity index (χ4v) is 6.11. The number of pyridine rings is 2. The highest BCUT2D eigenvalue weighted by Crippen LogP contribution is 2.49. The topological polar surface area (TPSA) is 46.3 Å². The molecule has 5 nitrogen and oxygen atoms in total. The molecule has 154 valence electrons. The van der Waals surface area contributed by atoms with Gasteiger partial charge in [0.25, 0.3) is 0 Å². The fourth-order valence-electron chi connectivity index (χ4n) is 4.77. The third kappa shape index (κ3) is 3.05. The van der Waals surface area contributed by atoms with E-state index in [9.17, 15) is 0 Å². The first-order valence-corrected chi connectivity index (χ1v) is 11.6. The van der Waals surface area contributed by atoms with Crippen LogP contribution >= 0.6 is 11.8 Å². The lowest BCUT2D eigenvalue weighted by molar-refractivity contribution is 0.254. The summed E-state index contributed by atoms with van der Waals surface area (Å²) >= 11 is 1.89. The molecule has 6 heteroatoms. The van der Waals surface area contributed by atoms with Gasteiger partial charge in [0.2, 0.25) is 0 Å². The molecule has 1 saturated heterocycles. The van der Waals surface area contributed by atoms with Gasteiger partial charge in [-0.25, -0.2) is 4.98 Å².